The normalized spacial score (nSPS) is 29.9. The fourth-order valence-electron chi connectivity index (χ4n) is 14.4. The van der Waals surface area contributed by atoms with E-state index >= 15 is 4.79 Å². The number of hydrogen-bond acceptors (Lipinski definition) is 16. The Morgan fingerprint density at radius 1 is 0.975 bits per heavy atom. The summed E-state index contributed by atoms with van der Waals surface area (Å²) >= 11 is 1.54. The van der Waals surface area contributed by atoms with E-state index in [1.807, 2.05) is 12.3 Å². The summed E-state index contributed by atoms with van der Waals surface area (Å²) in [5, 5.41) is 8.97. The lowest BCUT2D eigenvalue weighted by Gasteiger charge is -2.53. The summed E-state index contributed by atoms with van der Waals surface area (Å²) in [4.78, 5) is 72.0. The molecule has 8 bridgehead atoms. The van der Waals surface area contributed by atoms with Gasteiger partial charge < -0.3 is 33.7 Å². The van der Waals surface area contributed by atoms with E-state index in [1.54, 1.807) is 18.3 Å². The SMILES string of the molecule is CO[C@@H](C)c1ncc(N2CCN(C3CC3)CC2)cc1-c1c2c3cc(ccc3n1CCO[C@H]1CCOC(C)(C)C1)-c1csc(n1)[C@@H](N1CCCC1)[C@H](NC(=O)[C@@H]1[C@@H](C)[C@H]1c1ccncn1)C(=O)N1N[C@H](C(=O)OCC(C)(C)C2)C2CC1C2. The third-order valence-electron chi connectivity index (χ3n) is 19.3. The Balaban J connectivity index is 0.944. The number of esters is 1. The molecule has 19 heteroatoms. The number of benzene rings is 1. The van der Waals surface area contributed by atoms with Crippen molar-refractivity contribution in [2.75, 3.05) is 71.1 Å². The van der Waals surface area contributed by atoms with Crippen LogP contribution < -0.4 is 15.6 Å². The number of piperazine rings is 1. The van der Waals surface area contributed by atoms with Crippen LogP contribution in [0.1, 0.15) is 133 Å². The van der Waals surface area contributed by atoms with Gasteiger partial charge in [-0.1, -0.05) is 26.8 Å². The number of aromatic nitrogens is 5. The summed E-state index contributed by atoms with van der Waals surface area (Å²) in [5.41, 5.74) is 11.4. The summed E-state index contributed by atoms with van der Waals surface area (Å²) in [7, 11) is 1.75. The summed E-state index contributed by atoms with van der Waals surface area (Å²) in [6, 6.07) is 9.22. The molecule has 8 fully saturated rings. The van der Waals surface area contributed by atoms with Gasteiger partial charge in [0.15, 0.2) is 0 Å². The third kappa shape index (κ3) is 10.8. The number of ether oxygens (including phenoxy) is 4. The lowest BCUT2D eigenvalue weighted by molar-refractivity contribution is -0.172. The molecule has 81 heavy (non-hydrogen) atoms. The molecule has 5 saturated heterocycles. The summed E-state index contributed by atoms with van der Waals surface area (Å²) in [5.74, 6) is -1.24. The maximum absolute atomic E-state index is 15.6. The molecule has 18 nitrogen and oxygen atoms in total. The van der Waals surface area contributed by atoms with Crippen LogP contribution in [-0.4, -0.2) is 159 Å². The van der Waals surface area contributed by atoms with Crippen LogP contribution in [0.2, 0.25) is 0 Å². The van der Waals surface area contributed by atoms with Gasteiger partial charge in [0.25, 0.3) is 5.91 Å². The molecule has 1 aromatic carbocycles. The van der Waals surface area contributed by atoms with E-state index in [4.69, 9.17) is 28.9 Å². The number of thiazole rings is 1. The van der Waals surface area contributed by atoms with Gasteiger partial charge in [-0.05, 0) is 127 Å². The second kappa shape index (κ2) is 22.0. The highest BCUT2D eigenvalue weighted by Gasteiger charge is 2.56. The maximum Gasteiger partial charge on any atom is 0.325 e. The molecule has 8 atom stereocenters. The Hall–Kier alpha value is -5.41. The van der Waals surface area contributed by atoms with Crippen molar-refractivity contribution in [3.63, 3.8) is 0 Å². The second-order valence-corrected chi connectivity index (χ2v) is 26.9. The van der Waals surface area contributed by atoms with Crippen LogP contribution >= 0.6 is 11.3 Å². The average molecular weight is 1120 g/mol. The van der Waals surface area contributed by atoms with E-state index in [9.17, 15) is 9.59 Å². The van der Waals surface area contributed by atoms with Crippen molar-refractivity contribution in [1.82, 2.24) is 50.1 Å². The first-order valence-electron chi connectivity index (χ1n) is 30.1. The molecule has 9 aliphatic rings. The Bertz CT molecular complexity index is 3140. The molecular formula is C62H81N11O7S. The molecular weight excluding hydrogens is 1040 g/mol. The molecule has 0 spiro atoms. The molecule has 6 aliphatic heterocycles. The minimum atomic E-state index is -0.997. The fourth-order valence-corrected chi connectivity index (χ4v) is 15.4. The molecule has 3 saturated carbocycles. The number of nitrogens with one attached hydrogen (secondary N) is 2. The highest BCUT2D eigenvalue weighted by Crippen LogP contribution is 2.53. The van der Waals surface area contributed by atoms with Crippen molar-refractivity contribution in [3.05, 3.63) is 76.4 Å². The quantitative estimate of drug-likeness (QED) is 0.109. The predicted octanol–water partition coefficient (Wildman–Crippen LogP) is 7.87. The highest BCUT2D eigenvalue weighted by molar-refractivity contribution is 7.10. The van der Waals surface area contributed by atoms with Crippen molar-refractivity contribution >= 4 is 45.7 Å². The van der Waals surface area contributed by atoms with Crippen molar-refractivity contribution in [1.29, 1.82) is 0 Å². The van der Waals surface area contributed by atoms with Gasteiger partial charge in [-0.15, -0.1) is 11.3 Å². The predicted molar refractivity (Wildman–Crippen MR) is 309 cm³/mol. The Labute approximate surface area is 480 Å². The minimum absolute atomic E-state index is 0.0141. The van der Waals surface area contributed by atoms with Gasteiger partial charge in [0, 0.05) is 121 Å². The first-order chi connectivity index (χ1) is 39.1. The van der Waals surface area contributed by atoms with E-state index in [1.165, 1.54) is 30.5 Å². The Kier molecular flexibility index (Phi) is 14.9. The van der Waals surface area contributed by atoms with E-state index in [2.05, 4.69) is 111 Å². The number of nitrogens with zero attached hydrogens (tertiary/aromatic N) is 9. The van der Waals surface area contributed by atoms with Crippen LogP contribution in [0, 0.1) is 23.2 Å². The zero-order valence-corrected chi connectivity index (χ0v) is 49.1. The number of amides is 2. The molecule has 2 amide bonds. The van der Waals surface area contributed by atoms with E-state index in [0.29, 0.717) is 39.0 Å². The number of likely N-dealkylation sites (tertiary alicyclic amines) is 1. The van der Waals surface area contributed by atoms with Gasteiger partial charge in [0.05, 0.1) is 66.0 Å². The molecule has 4 aromatic heterocycles. The largest absolute Gasteiger partial charge is 0.464 e. The van der Waals surface area contributed by atoms with Crippen molar-refractivity contribution in [2.24, 2.45) is 23.2 Å². The number of hydrazine groups is 1. The van der Waals surface area contributed by atoms with Crippen LogP contribution in [0.3, 0.4) is 0 Å². The fraction of sp³-hybridized carbons (Fsp3) is 0.629. The summed E-state index contributed by atoms with van der Waals surface area (Å²) in [6.07, 6.45) is 13.1. The van der Waals surface area contributed by atoms with E-state index in [0.717, 1.165) is 132 Å². The number of cyclic esters (lactones) is 1. The first-order valence-corrected chi connectivity index (χ1v) is 30.9. The molecule has 0 radical (unpaired) electrons. The van der Waals surface area contributed by atoms with E-state index in [-0.39, 0.29) is 71.9 Å². The van der Waals surface area contributed by atoms with Crippen molar-refractivity contribution in [3.8, 4) is 22.5 Å². The number of anilines is 1. The summed E-state index contributed by atoms with van der Waals surface area (Å²) in [6.45, 7) is 20.1. The van der Waals surface area contributed by atoms with Gasteiger partial charge in [0.2, 0.25) is 5.91 Å². The average Bonchev–Trinajstić information content (AvgIpc) is 4.36. The summed E-state index contributed by atoms with van der Waals surface area (Å²) < 4.78 is 28.0. The number of fused-ring (bicyclic) bond motifs is 4. The van der Waals surface area contributed by atoms with Crippen molar-refractivity contribution < 1.29 is 33.3 Å². The van der Waals surface area contributed by atoms with Crippen LogP contribution in [0.5, 0.6) is 0 Å². The van der Waals surface area contributed by atoms with Crippen LogP contribution in [-0.2, 0) is 46.3 Å². The molecule has 10 heterocycles. The number of carbonyl (C=O) groups excluding carboxylic acids is 3. The second-order valence-electron chi connectivity index (χ2n) is 26.0. The molecule has 0 unspecified atom stereocenters. The van der Waals surface area contributed by atoms with Crippen LogP contribution in [0.15, 0.2) is 54.4 Å². The molecule has 432 valence electrons. The number of carbonyl (C=O) groups is 3. The highest BCUT2D eigenvalue weighted by atomic mass is 32.1. The van der Waals surface area contributed by atoms with Gasteiger partial charge in [-0.3, -0.25) is 34.2 Å². The van der Waals surface area contributed by atoms with Gasteiger partial charge >= 0.3 is 5.97 Å². The topological polar surface area (TPSA) is 182 Å². The van der Waals surface area contributed by atoms with E-state index < -0.39 is 23.5 Å². The lowest BCUT2D eigenvalue weighted by Crippen LogP contribution is -2.72. The van der Waals surface area contributed by atoms with Gasteiger partial charge in [-0.2, -0.15) is 0 Å². The van der Waals surface area contributed by atoms with Gasteiger partial charge in [0.1, 0.15) is 23.4 Å². The van der Waals surface area contributed by atoms with Crippen molar-refractivity contribution in [2.45, 2.75) is 160 Å². The standard InChI is InChI=1S/C62H81N11O7S/c1-36-50(47-14-16-63-35-65-47)51(36)57(74)67-54-56(71-17-8-9-18-71)58-66-48(33-81-58)38-10-13-49-44(28-38)46(31-61(3,4)34-79-60(76)53-39-26-41(27-39)73(68-53)59(54)75)55(72(49)23-25-78-43-15-24-80-62(5,6)30-43)45-29-42(32-64-52(45)37(2)77-7)70-21-19-69(20-22-70)40-11-12-40/h10,13-14,16,28-29,32-33,35-37,39-41,43,50-51,53-54,56,68H,8-9,11-12,15,17-27,30-31,34H2,1-7H3,(H,67,74)/t36-,37-,39?,41?,43-,50-,51+,53-,54-,56-/m0/s1. The van der Waals surface area contributed by atoms with Gasteiger partial charge in [-0.25, -0.2) is 20.4 Å². The number of pyridine rings is 1. The molecule has 5 aromatic rings. The molecule has 14 rings (SSSR count). The van der Waals surface area contributed by atoms with Crippen LogP contribution in [0.25, 0.3) is 33.4 Å². The Morgan fingerprint density at radius 2 is 1.78 bits per heavy atom. The Morgan fingerprint density at radius 3 is 2.52 bits per heavy atom. The number of methoxy groups -OCH3 is 1. The third-order valence-corrected chi connectivity index (χ3v) is 20.2. The molecule has 2 N–H and O–H groups in total. The zero-order chi connectivity index (χ0) is 55.9. The monoisotopic (exact) mass is 1120 g/mol. The number of hydrogen-bond donors (Lipinski definition) is 2. The minimum Gasteiger partial charge on any atom is -0.464 e. The zero-order valence-electron chi connectivity index (χ0n) is 48.3. The number of rotatable bonds is 13. The first kappa shape index (κ1) is 54.8. The maximum atomic E-state index is 15.6. The lowest BCUT2D eigenvalue weighted by atomic mass is 9.73. The molecule has 3 aliphatic carbocycles. The van der Waals surface area contributed by atoms with Crippen LogP contribution in [0.4, 0.5) is 5.69 Å². The smallest absolute Gasteiger partial charge is 0.325 e.